The molecule has 0 atom stereocenters. The van der Waals surface area contributed by atoms with Crippen molar-refractivity contribution in [3.05, 3.63) is 54.1 Å². The SMILES string of the molecule is CCc1ccc(OS(=O)(=O)c2ccc(N3CCNC3=O)cc2)cc1. The number of carbonyl (C=O) groups excluding carboxylic acids is 1. The van der Waals surface area contributed by atoms with E-state index in [1.807, 2.05) is 19.1 Å². The van der Waals surface area contributed by atoms with Crippen LogP contribution in [0, 0.1) is 0 Å². The first-order valence-electron chi connectivity index (χ1n) is 7.68. The summed E-state index contributed by atoms with van der Waals surface area (Å²) in [5, 5.41) is 2.70. The van der Waals surface area contributed by atoms with E-state index in [9.17, 15) is 13.2 Å². The zero-order chi connectivity index (χ0) is 17.2. The van der Waals surface area contributed by atoms with Crippen molar-refractivity contribution >= 4 is 21.8 Å². The highest BCUT2D eigenvalue weighted by Crippen LogP contribution is 2.23. The Morgan fingerprint density at radius 1 is 1.08 bits per heavy atom. The van der Waals surface area contributed by atoms with E-state index in [2.05, 4.69) is 5.32 Å². The molecule has 0 unspecified atom stereocenters. The number of amides is 2. The quantitative estimate of drug-likeness (QED) is 0.844. The van der Waals surface area contributed by atoms with E-state index in [1.165, 1.54) is 12.1 Å². The van der Waals surface area contributed by atoms with E-state index in [0.717, 1.165) is 12.0 Å². The maximum atomic E-state index is 12.3. The van der Waals surface area contributed by atoms with Gasteiger partial charge in [-0.15, -0.1) is 0 Å². The molecule has 1 aliphatic rings. The van der Waals surface area contributed by atoms with Gasteiger partial charge in [-0.05, 0) is 48.4 Å². The van der Waals surface area contributed by atoms with Crippen molar-refractivity contribution in [1.82, 2.24) is 5.32 Å². The fraction of sp³-hybridized carbons (Fsp3) is 0.235. The fourth-order valence-corrected chi connectivity index (χ4v) is 3.40. The summed E-state index contributed by atoms with van der Waals surface area (Å²) < 4.78 is 29.8. The van der Waals surface area contributed by atoms with Crippen molar-refractivity contribution in [2.24, 2.45) is 0 Å². The average molecular weight is 346 g/mol. The Kier molecular flexibility index (Phi) is 4.44. The van der Waals surface area contributed by atoms with Gasteiger partial charge in [-0.2, -0.15) is 8.42 Å². The molecular formula is C17H18N2O4S. The van der Waals surface area contributed by atoms with Crippen LogP contribution in [0.5, 0.6) is 5.75 Å². The van der Waals surface area contributed by atoms with Gasteiger partial charge in [0.1, 0.15) is 10.6 Å². The minimum absolute atomic E-state index is 0.0467. The molecule has 24 heavy (non-hydrogen) atoms. The van der Waals surface area contributed by atoms with Gasteiger partial charge in [-0.3, -0.25) is 4.90 Å². The second-order valence-corrected chi connectivity index (χ2v) is 6.96. The Morgan fingerprint density at radius 3 is 2.29 bits per heavy atom. The second-order valence-electron chi connectivity index (χ2n) is 5.41. The predicted octanol–water partition coefficient (Wildman–Crippen LogP) is 2.55. The molecule has 126 valence electrons. The Balaban J connectivity index is 1.77. The average Bonchev–Trinajstić information content (AvgIpc) is 3.01. The van der Waals surface area contributed by atoms with Crippen LogP contribution in [0.4, 0.5) is 10.5 Å². The molecule has 1 aliphatic heterocycles. The lowest BCUT2D eigenvalue weighted by Crippen LogP contribution is -2.27. The molecule has 2 aromatic rings. The van der Waals surface area contributed by atoms with E-state index in [0.29, 0.717) is 18.8 Å². The zero-order valence-corrected chi connectivity index (χ0v) is 14.0. The van der Waals surface area contributed by atoms with Gasteiger partial charge < -0.3 is 9.50 Å². The number of rotatable bonds is 5. The van der Waals surface area contributed by atoms with Crippen LogP contribution in [0.15, 0.2) is 53.4 Å². The Labute approximate surface area is 141 Å². The first-order chi connectivity index (χ1) is 11.5. The maximum absolute atomic E-state index is 12.3. The minimum Gasteiger partial charge on any atom is -0.379 e. The van der Waals surface area contributed by atoms with E-state index in [4.69, 9.17) is 4.18 Å². The lowest BCUT2D eigenvalue weighted by Gasteiger charge is -2.14. The number of nitrogens with one attached hydrogen (secondary N) is 1. The van der Waals surface area contributed by atoms with Crippen molar-refractivity contribution in [3.63, 3.8) is 0 Å². The van der Waals surface area contributed by atoms with Crippen LogP contribution < -0.4 is 14.4 Å². The number of hydrogen-bond donors (Lipinski definition) is 1. The molecule has 0 saturated carbocycles. The molecule has 3 rings (SSSR count). The van der Waals surface area contributed by atoms with Crippen molar-refractivity contribution in [1.29, 1.82) is 0 Å². The summed E-state index contributed by atoms with van der Waals surface area (Å²) in [4.78, 5) is 13.2. The first kappa shape index (κ1) is 16.3. The number of aryl methyl sites for hydroxylation is 1. The topological polar surface area (TPSA) is 75.7 Å². The van der Waals surface area contributed by atoms with Gasteiger partial charge in [0.15, 0.2) is 0 Å². The zero-order valence-electron chi connectivity index (χ0n) is 13.2. The van der Waals surface area contributed by atoms with Crippen LogP contribution in [0.1, 0.15) is 12.5 Å². The third-order valence-electron chi connectivity index (χ3n) is 3.83. The van der Waals surface area contributed by atoms with Crippen LogP contribution in [0.3, 0.4) is 0 Å². The highest BCUT2D eigenvalue weighted by Gasteiger charge is 2.22. The molecule has 1 saturated heterocycles. The number of carbonyl (C=O) groups is 1. The molecule has 0 spiro atoms. The summed E-state index contributed by atoms with van der Waals surface area (Å²) in [6.07, 6.45) is 0.874. The van der Waals surface area contributed by atoms with Gasteiger partial charge in [0.05, 0.1) is 0 Å². The summed E-state index contributed by atoms with van der Waals surface area (Å²) in [5.74, 6) is 0.273. The molecule has 0 aliphatic carbocycles. The lowest BCUT2D eigenvalue weighted by molar-refractivity contribution is 0.252. The van der Waals surface area contributed by atoms with Gasteiger partial charge in [-0.25, -0.2) is 4.79 Å². The normalized spacial score (nSPS) is 14.5. The number of hydrogen-bond acceptors (Lipinski definition) is 4. The van der Waals surface area contributed by atoms with Crippen molar-refractivity contribution in [2.75, 3.05) is 18.0 Å². The molecule has 2 amide bonds. The van der Waals surface area contributed by atoms with Crippen molar-refractivity contribution in [2.45, 2.75) is 18.2 Å². The molecular weight excluding hydrogens is 328 g/mol. The van der Waals surface area contributed by atoms with E-state index < -0.39 is 10.1 Å². The highest BCUT2D eigenvalue weighted by atomic mass is 32.2. The van der Waals surface area contributed by atoms with Gasteiger partial charge in [0, 0.05) is 18.8 Å². The summed E-state index contributed by atoms with van der Waals surface area (Å²) in [6.45, 7) is 3.16. The summed E-state index contributed by atoms with van der Waals surface area (Å²) >= 11 is 0. The number of benzene rings is 2. The Hall–Kier alpha value is -2.54. The predicted molar refractivity (Wildman–Crippen MR) is 90.8 cm³/mol. The van der Waals surface area contributed by atoms with E-state index in [-0.39, 0.29) is 16.7 Å². The largest absolute Gasteiger partial charge is 0.379 e. The van der Waals surface area contributed by atoms with Crippen molar-refractivity contribution in [3.8, 4) is 5.75 Å². The summed E-state index contributed by atoms with van der Waals surface area (Å²) in [5.41, 5.74) is 1.75. The molecule has 6 nitrogen and oxygen atoms in total. The minimum atomic E-state index is -3.91. The lowest BCUT2D eigenvalue weighted by atomic mass is 10.2. The van der Waals surface area contributed by atoms with Gasteiger partial charge >= 0.3 is 16.1 Å². The number of nitrogens with zero attached hydrogens (tertiary/aromatic N) is 1. The van der Waals surface area contributed by atoms with E-state index >= 15 is 0 Å². The summed E-state index contributed by atoms with van der Waals surface area (Å²) in [7, 11) is -3.91. The Morgan fingerprint density at radius 2 is 1.75 bits per heavy atom. The van der Waals surface area contributed by atoms with Crippen LogP contribution >= 0.6 is 0 Å². The van der Waals surface area contributed by atoms with Gasteiger partial charge in [0.2, 0.25) is 0 Å². The standard InChI is InChI=1S/C17H18N2O4S/c1-2-13-3-7-15(8-4-13)23-24(21,22)16-9-5-14(6-10-16)19-12-11-18-17(19)20/h3-10H,2,11-12H2,1H3,(H,18,20). The van der Waals surface area contributed by atoms with Crippen LogP contribution in [0.25, 0.3) is 0 Å². The molecule has 0 bridgehead atoms. The monoisotopic (exact) mass is 346 g/mol. The Bertz CT molecular complexity index is 830. The second kappa shape index (κ2) is 6.52. The van der Waals surface area contributed by atoms with Crippen LogP contribution in [-0.4, -0.2) is 27.5 Å². The van der Waals surface area contributed by atoms with E-state index in [1.54, 1.807) is 29.2 Å². The number of anilines is 1. The smallest absolute Gasteiger partial charge is 0.339 e. The van der Waals surface area contributed by atoms with Gasteiger partial charge in [0.25, 0.3) is 0 Å². The molecule has 0 radical (unpaired) electrons. The van der Waals surface area contributed by atoms with Crippen LogP contribution in [0.2, 0.25) is 0 Å². The van der Waals surface area contributed by atoms with Crippen LogP contribution in [-0.2, 0) is 16.5 Å². The molecule has 1 N–H and O–H groups in total. The molecule has 7 heteroatoms. The maximum Gasteiger partial charge on any atom is 0.339 e. The molecule has 1 heterocycles. The summed E-state index contributed by atoms with van der Waals surface area (Å²) in [6, 6.07) is 12.8. The molecule has 0 aromatic heterocycles. The fourth-order valence-electron chi connectivity index (χ4n) is 2.47. The van der Waals surface area contributed by atoms with Gasteiger partial charge in [-0.1, -0.05) is 19.1 Å². The number of urea groups is 1. The molecule has 2 aromatic carbocycles. The third kappa shape index (κ3) is 3.35. The first-order valence-corrected chi connectivity index (χ1v) is 9.09. The highest BCUT2D eigenvalue weighted by molar-refractivity contribution is 7.87. The van der Waals surface area contributed by atoms with Crippen molar-refractivity contribution < 1.29 is 17.4 Å². The molecule has 1 fully saturated rings. The third-order valence-corrected chi connectivity index (χ3v) is 5.09.